The summed E-state index contributed by atoms with van der Waals surface area (Å²) in [5.74, 6) is 0.205. The van der Waals surface area contributed by atoms with E-state index in [-0.39, 0.29) is 17.1 Å². The summed E-state index contributed by atoms with van der Waals surface area (Å²) in [6, 6.07) is 8.95. The van der Waals surface area contributed by atoms with Crippen LogP contribution in [0.3, 0.4) is 0 Å². The lowest BCUT2D eigenvalue weighted by Crippen LogP contribution is -2.27. The number of benzene rings is 1. The fourth-order valence-electron chi connectivity index (χ4n) is 1.94. The Morgan fingerprint density at radius 2 is 2.08 bits per heavy atom. The van der Waals surface area contributed by atoms with E-state index in [9.17, 15) is 13.2 Å². The van der Waals surface area contributed by atoms with Gasteiger partial charge >= 0.3 is 0 Å². The van der Waals surface area contributed by atoms with E-state index in [0.29, 0.717) is 18.1 Å². The monoisotopic (exact) mass is 349 g/mol. The Balaban J connectivity index is 2.13. The van der Waals surface area contributed by atoms with Crippen molar-refractivity contribution in [3.63, 3.8) is 0 Å². The van der Waals surface area contributed by atoms with Crippen molar-refractivity contribution in [2.24, 2.45) is 0 Å². The summed E-state index contributed by atoms with van der Waals surface area (Å²) in [5.41, 5.74) is 1.54. The third-order valence-corrected chi connectivity index (χ3v) is 4.45. The summed E-state index contributed by atoms with van der Waals surface area (Å²) < 4.78 is 28.1. The Kier molecular flexibility index (Phi) is 5.40. The topological polar surface area (TPSA) is 101 Å². The van der Waals surface area contributed by atoms with Gasteiger partial charge in [0.05, 0.1) is 23.8 Å². The molecule has 0 atom stereocenters. The van der Waals surface area contributed by atoms with Gasteiger partial charge in [0.25, 0.3) is 5.91 Å². The zero-order chi connectivity index (χ0) is 17.7. The number of H-pyrrole nitrogens is 1. The quantitative estimate of drug-likeness (QED) is 0.793. The molecule has 1 aromatic heterocycles. The number of aromatic amines is 1. The highest BCUT2D eigenvalue weighted by molar-refractivity contribution is 7.94. The molecule has 0 saturated heterocycles. The van der Waals surface area contributed by atoms with E-state index in [2.05, 4.69) is 22.1 Å². The first-order valence-electron chi connectivity index (χ1n) is 7.26. The summed E-state index contributed by atoms with van der Waals surface area (Å²) in [7, 11) is -3.38. The summed E-state index contributed by atoms with van der Waals surface area (Å²) in [6.07, 6.45) is 1.04. The maximum atomic E-state index is 12.1. The molecule has 0 bridgehead atoms. The fourth-order valence-corrected chi connectivity index (χ4v) is 2.28. The lowest BCUT2D eigenvalue weighted by Gasteiger charge is -2.07. The smallest absolute Gasteiger partial charge is 0.269 e. The van der Waals surface area contributed by atoms with Crippen LogP contribution in [-0.4, -0.2) is 43.9 Å². The Morgan fingerprint density at radius 1 is 1.38 bits per heavy atom. The molecule has 0 aliphatic carbocycles. The number of rotatable bonds is 7. The van der Waals surface area contributed by atoms with Gasteiger partial charge in [-0.15, -0.1) is 0 Å². The number of nitrogens with one attached hydrogen (secondary N) is 2. The third-order valence-electron chi connectivity index (χ3n) is 3.26. The highest BCUT2D eigenvalue weighted by Gasteiger charge is 2.15. The Morgan fingerprint density at radius 3 is 2.75 bits per heavy atom. The van der Waals surface area contributed by atoms with Crippen molar-refractivity contribution < 1.29 is 17.9 Å². The van der Waals surface area contributed by atoms with Crippen LogP contribution in [0.2, 0.25) is 0 Å². The van der Waals surface area contributed by atoms with E-state index in [4.69, 9.17) is 4.74 Å². The molecule has 2 rings (SSSR count). The van der Waals surface area contributed by atoms with Gasteiger partial charge in [0, 0.05) is 11.8 Å². The SMILES string of the molecule is C=C(CNC(=O)c1cc(-c2ccccc2OCC)n[nH]1)S(C)(=O)=O. The maximum absolute atomic E-state index is 12.1. The van der Waals surface area contributed by atoms with Crippen molar-refractivity contribution in [3.8, 4) is 17.0 Å². The molecular formula is C16H19N3O4S. The first-order valence-corrected chi connectivity index (χ1v) is 9.15. The number of para-hydroxylation sites is 1. The minimum Gasteiger partial charge on any atom is -0.493 e. The maximum Gasteiger partial charge on any atom is 0.269 e. The van der Waals surface area contributed by atoms with Gasteiger partial charge in [-0.3, -0.25) is 9.89 Å². The van der Waals surface area contributed by atoms with E-state index in [0.717, 1.165) is 11.8 Å². The van der Waals surface area contributed by atoms with Crippen molar-refractivity contribution in [1.29, 1.82) is 0 Å². The highest BCUT2D eigenvalue weighted by atomic mass is 32.2. The molecule has 0 aliphatic rings. The molecule has 128 valence electrons. The molecule has 0 fully saturated rings. The zero-order valence-electron chi connectivity index (χ0n) is 13.5. The van der Waals surface area contributed by atoms with E-state index in [1.165, 1.54) is 0 Å². The van der Waals surface area contributed by atoms with Gasteiger partial charge in [0.1, 0.15) is 11.4 Å². The predicted molar refractivity (Wildman–Crippen MR) is 91.5 cm³/mol. The van der Waals surface area contributed by atoms with Crippen LogP contribution in [0.15, 0.2) is 41.8 Å². The Labute approximate surface area is 140 Å². The van der Waals surface area contributed by atoms with E-state index in [1.807, 2.05) is 31.2 Å². The van der Waals surface area contributed by atoms with Crippen LogP contribution in [0.25, 0.3) is 11.3 Å². The Hall–Kier alpha value is -2.61. The van der Waals surface area contributed by atoms with Gasteiger partial charge in [-0.25, -0.2) is 8.42 Å². The normalized spacial score (nSPS) is 11.1. The summed E-state index contributed by atoms with van der Waals surface area (Å²) in [5, 5.41) is 9.25. The van der Waals surface area contributed by atoms with Gasteiger partial charge in [-0.05, 0) is 25.1 Å². The van der Waals surface area contributed by atoms with Crippen molar-refractivity contribution in [3.05, 3.63) is 47.5 Å². The molecule has 0 aliphatic heterocycles. The molecule has 1 heterocycles. The van der Waals surface area contributed by atoms with Crippen molar-refractivity contribution >= 4 is 15.7 Å². The van der Waals surface area contributed by atoms with E-state index >= 15 is 0 Å². The number of amides is 1. The third kappa shape index (κ3) is 4.23. The van der Waals surface area contributed by atoms with Gasteiger partial charge in [0.2, 0.25) is 0 Å². The second-order valence-electron chi connectivity index (χ2n) is 5.09. The number of hydrogen-bond donors (Lipinski definition) is 2. The lowest BCUT2D eigenvalue weighted by atomic mass is 10.1. The standard InChI is InChI=1S/C16H19N3O4S/c1-4-23-15-8-6-5-7-12(15)13-9-14(19-18-13)16(20)17-10-11(2)24(3,21)22/h5-9H,2,4,10H2,1,3H3,(H,17,20)(H,18,19). The molecule has 8 heteroatoms. The van der Waals surface area contributed by atoms with Crippen LogP contribution < -0.4 is 10.1 Å². The van der Waals surface area contributed by atoms with Crippen LogP contribution >= 0.6 is 0 Å². The molecule has 0 saturated carbocycles. The van der Waals surface area contributed by atoms with Gasteiger partial charge < -0.3 is 10.1 Å². The second kappa shape index (κ2) is 7.31. The minimum absolute atomic E-state index is 0.0581. The first-order chi connectivity index (χ1) is 11.3. The summed E-state index contributed by atoms with van der Waals surface area (Å²) in [6.45, 7) is 5.68. The van der Waals surface area contributed by atoms with Gasteiger partial charge in [-0.2, -0.15) is 5.10 Å². The zero-order valence-corrected chi connectivity index (χ0v) is 14.3. The van der Waals surface area contributed by atoms with Crippen LogP contribution in [0.1, 0.15) is 17.4 Å². The van der Waals surface area contributed by atoms with Crippen LogP contribution in [0.5, 0.6) is 5.75 Å². The van der Waals surface area contributed by atoms with Crippen molar-refractivity contribution in [2.45, 2.75) is 6.92 Å². The van der Waals surface area contributed by atoms with Crippen molar-refractivity contribution in [1.82, 2.24) is 15.5 Å². The number of nitrogens with zero attached hydrogens (tertiary/aromatic N) is 1. The Bertz CT molecular complexity index is 856. The molecule has 1 amide bonds. The minimum atomic E-state index is -3.38. The number of hydrogen-bond acceptors (Lipinski definition) is 5. The molecule has 0 unspecified atom stereocenters. The van der Waals surface area contributed by atoms with Crippen LogP contribution in [0.4, 0.5) is 0 Å². The molecular weight excluding hydrogens is 330 g/mol. The van der Waals surface area contributed by atoms with Crippen molar-refractivity contribution in [2.75, 3.05) is 19.4 Å². The first kappa shape index (κ1) is 17.7. The summed E-state index contributed by atoms with van der Waals surface area (Å²) in [4.78, 5) is 12.0. The molecule has 7 nitrogen and oxygen atoms in total. The van der Waals surface area contributed by atoms with Gasteiger partial charge in [-0.1, -0.05) is 18.7 Å². The number of aromatic nitrogens is 2. The van der Waals surface area contributed by atoms with Gasteiger partial charge in [0.15, 0.2) is 9.84 Å². The predicted octanol–water partition coefficient (Wildman–Crippen LogP) is 1.76. The summed E-state index contributed by atoms with van der Waals surface area (Å²) >= 11 is 0. The van der Waals surface area contributed by atoms with E-state index in [1.54, 1.807) is 6.07 Å². The van der Waals surface area contributed by atoms with Crippen LogP contribution in [-0.2, 0) is 9.84 Å². The average molecular weight is 349 g/mol. The molecule has 0 spiro atoms. The average Bonchev–Trinajstić information content (AvgIpc) is 3.02. The largest absolute Gasteiger partial charge is 0.493 e. The second-order valence-corrected chi connectivity index (χ2v) is 7.21. The molecule has 2 N–H and O–H groups in total. The molecule has 24 heavy (non-hydrogen) atoms. The van der Waals surface area contributed by atoms with Crippen LogP contribution in [0, 0.1) is 0 Å². The lowest BCUT2D eigenvalue weighted by molar-refractivity contribution is 0.0952. The highest BCUT2D eigenvalue weighted by Crippen LogP contribution is 2.28. The number of carbonyl (C=O) groups excluding carboxylic acids is 1. The molecule has 1 aromatic carbocycles. The number of sulfone groups is 1. The fraction of sp³-hybridized carbons (Fsp3) is 0.250. The number of carbonyl (C=O) groups is 1. The molecule has 0 radical (unpaired) electrons. The number of ether oxygens (including phenoxy) is 1. The van der Waals surface area contributed by atoms with E-state index < -0.39 is 15.7 Å². The molecule has 2 aromatic rings.